The maximum absolute atomic E-state index is 12.5. The molecule has 0 aliphatic rings. The quantitative estimate of drug-likeness (QED) is 0.825. The van der Waals surface area contributed by atoms with Gasteiger partial charge in [0.15, 0.2) is 0 Å². The van der Waals surface area contributed by atoms with E-state index in [0.29, 0.717) is 18.8 Å². The molecule has 0 radical (unpaired) electrons. The topological polar surface area (TPSA) is 63.2 Å². The first kappa shape index (κ1) is 18.0. The van der Waals surface area contributed by atoms with Crippen LogP contribution in [0.25, 0.3) is 11.4 Å². The Hall–Kier alpha value is -1.31. The monoisotopic (exact) mass is 353 g/mol. The number of nitrogens with zero attached hydrogens (tertiary/aromatic N) is 3. The van der Waals surface area contributed by atoms with Gasteiger partial charge >= 0.3 is 0 Å². The highest BCUT2D eigenvalue weighted by Gasteiger charge is 2.22. The molecule has 0 saturated heterocycles. The van der Waals surface area contributed by atoms with Crippen molar-refractivity contribution in [2.75, 3.05) is 13.1 Å². The molecule has 2 rings (SSSR count). The van der Waals surface area contributed by atoms with E-state index in [9.17, 15) is 8.42 Å². The van der Waals surface area contributed by atoms with Gasteiger partial charge in [-0.1, -0.05) is 34.6 Å². The standard InChI is InChI=1S/C16H23N3O2S2/c1-6-19(7-2)23(20,21)12-8-9-13(17-10-12)14-11-22-15(18-14)16(3,4)5/h8-11H,6-7H2,1-5H3. The number of rotatable bonds is 5. The van der Waals surface area contributed by atoms with Crippen molar-refractivity contribution >= 4 is 21.4 Å². The molecule has 0 aliphatic carbocycles. The molecule has 23 heavy (non-hydrogen) atoms. The van der Waals surface area contributed by atoms with Crippen LogP contribution in [0.4, 0.5) is 0 Å². The second-order valence-corrected chi connectivity index (χ2v) is 9.05. The molecule has 5 nitrogen and oxygen atoms in total. The molecule has 0 atom stereocenters. The van der Waals surface area contributed by atoms with E-state index in [2.05, 4.69) is 30.7 Å². The zero-order chi connectivity index (χ0) is 17.3. The van der Waals surface area contributed by atoms with Gasteiger partial charge in [0.2, 0.25) is 10.0 Å². The third kappa shape index (κ3) is 3.79. The number of pyridine rings is 1. The molecule has 2 aromatic rings. The molecular weight excluding hydrogens is 330 g/mol. The van der Waals surface area contributed by atoms with E-state index in [1.165, 1.54) is 10.5 Å². The van der Waals surface area contributed by atoms with Crippen LogP contribution in [0, 0.1) is 0 Å². The Balaban J connectivity index is 2.31. The summed E-state index contributed by atoms with van der Waals surface area (Å²) in [6, 6.07) is 3.32. The molecule has 0 fully saturated rings. The molecule has 0 saturated carbocycles. The Labute approximate surface area is 142 Å². The minimum Gasteiger partial charge on any atom is -0.253 e. The van der Waals surface area contributed by atoms with Crippen LogP contribution < -0.4 is 0 Å². The van der Waals surface area contributed by atoms with Crippen LogP contribution in [-0.2, 0) is 15.4 Å². The highest BCUT2D eigenvalue weighted by Crippen LogP contribution is 2.29. The Morgan fingerprint density at radius 1 is 1.13 bits per heavy atom. The second-order valence-electron chi connectivity index (χ2n) is 6.26. The van der Waals surface area contributed by atoms with Crippen molar-refractivity contribution in [1.82, 2.24) is 14.3 Å². The maximum Gasteiger partial charge on any atom is 0.244 e. The van der Waals surface area contributed by atoms with E-state index in [1.807, 2.05) is 19.2 Å². The average molecular weight is 354 g/mol. The van der Waals surface area contributed by atoms with Crippen molar-refractivity contribution < 1.29 is 8.42 Å². The highest BCUT2D eigenvalue weighted by molar-refractivity contribution is 7.89. The van der Waals surface area contributed by atoms with Crippen molar-refractivity contribution in [2.45, 2.75) is 44.9 Å². The summed E-state index contributed by atoms with van der Waals surface area (Å²) < 4.78 is 26.3. The SMILES string of the molecule is CCN(CC)S(=O)(=O)c1ccc(-c2csc(C(C)(C)C)n2)nc1. The summed E-state index contributed by atoms with van der Waals surface area (Å²) in [4.78, 5) is 9.13. The van der Waals surface area contributed by atoms with Crippen LogP contribution in [-0.4, -0.2) is 35.8 Å². The van der Waals surface area contributed by atoms with Gasteiger partial charge in [-0.15, -0.1) is 11.3 Å². The van der Waals surface area contributed by atoms with Crippen LogP contribution in [0.2, 0.25) is 0 Å². The van der Waals surface area contributed by atoms with E-state index >= 15 is 0 Å². The largest absolute Gasteiger partial charge is 0.253 e. The van der Waals surface area contributed by atoms with Crippen LogP contribution >= 0.6 is 11.3 Å². The van der Waals surface area contributed by atoms with Gasteiger partial charge in [0.25, 0.3) is 0 Å². The van der Waals surface area contributed by atoms with Crippen molar-refractivity contribution in [3.63, 3.8) is 0 Å². The zero-order valence-electron chi connectivity index (χ0n) is 14.2. The zero-order valence-corrected chi connectivity index (χ0v) is 15.8. The van der Waals surface area contributed by atoms with Crippen molar-refractivity contribution in [2.24, 2.45) is 0 Å². The summed E-state index contributed by atoms with van der Waals surface area (Å²) >= 11 is 1.60. The van der Waals surface area contributed by atoms with Gasteiger partial charge in [0, 0.05) is 30.1 Å². The molecular formula is C16H23N3O2S2. The average Bonchev–Trinajstić information content (AvgIpc) is 2.98. The molecule has 0 amide bonds. The van der Waals surface area contributed by atoms with E-state index in [-0.39, 0.29) is 10.3 Å². The molecule has 126 valence electrons. The number of sulfonamides is 1. The Kier molecular flexibility index (Phi) is 5.23. The van der Waals surface area contributed by atoms with Gasteiger partial charge in [0.05, 0.1) is 16.4 Å². The molecule has 0 N–H and O–H groups in total. The van der Waals surface area contributed by atoms with Crippen LogP contribution in [0.3, 0.4) is 0 Å². The Bertz CT molecular complexity index is 755. The predicted octanol–water partition coefficient (Wildman–Crippen LogP) is 3.53. The molecule has 0 spiro atoms. The fourth-order valence-electron chi connectivity index (χ4n) is 2.13. The molecule has 7 heteroatoms. The lowest BCUT2D eigenvalue weighted by Crippen LogP contribution is -2.30. The minimum absolute atomic E-state index is 0.00501. The van der Waals surface area contributed by atoms with Crippen molar-refractivity contribution in [1.29, 1.82) is 0 Å². The maximum atomic E-state index is 12.5. The summed E-state index contributed by atoms with van der Waals surface area (Å²) in [5.74, 6) is 0. The van der Waals surface area contributed by atoms with Crippen LogP contribution in [0.5, 0.6) is 0 Å². The van der Waals surface area contributed by atoms with Gasteiger partial charge in [-0.3, -0.25) is 4.98 Å². The van der Waals surface area contributed by atoms with Gasteiger partial charge in [0.1, 0.15) is 4.90 Å². The fraction of sp³-hybridized carbons (Fsp3) is 0.500. The minimum atomic E-state index is -3.47. The lowest BCUT2D eigenvalue weighted by atomic mass is 9.98. The lowest BCUT2D eigenvalue weighted by Gasteiger charge is -2.18. The summed E-state index contributed by atoms with van der Waals surface area (Å²) in [7, 11) is -3.47. The normalized spacial score (nSPS) is 12.8. The smallest absolute Gasteiger partial charge is 0.244 e. The summed E-state index contributed by atoms with van der Waals surface area (Å²) in [5.41, 5.74) is 1.47. The summed E-state index contributed by atoms with van der Waals surface area (Å²) in [6.45, 7) is 10.9. The highest BCUT2D eigenvalue weighted by atomic mass is 32.2. The van der Waals surface area contributed by atoms with E-state index in [4.69, 9.17) is 0 Å². The van der Waals surface area contributed by atoms with Crippen LogP contribution in [0.1, 0.15) is 39.6 Å². The fourth-order valence-corrected chi connectivity index (χ4v) is 4.44. The number of aromatic nitrogens is 2. The van der Waals surface area contributed by atoms with Gasteiger partial charge in [-0.25, -0.2) is 13.4 Å². The van der Waals surface area contributed by atoms with Gasteiger partial charge in [-0.2, -0.15) is 4.31 Å². The molecule has 0 bridgehead atoms. The lowest BCUT2D eigenvalue weighted by molar-refractivity contribution is 0.445. The molecule has 0 aliphatic heterocycles. The Morgan fingerprint density at radius 2 is 1.78 bits per heavy atom. The third-order valence-corrected chi connectivity index (χ3v) is 6.79. The van der Waals surface area contributed by atoms with Gasteiger partial charge in [-0.05, 0) is 12.1 Å². The van der Waals surface area contributed by atoms with Crippen LogP contribution in [0.15, 0.2) is 28.6 Å². The third-order valence-electron chi connectivity index (χ3n) is 3.49. The number of hydrogen-bond donors (Lipinski definition) is 0. The first-order valence-electron chi connectivity index (χ1n) is 7.62. The molecule has 0 aromatic carbocycles. The summed E-state index contributed by atoms with van der Waals surface area (Å²) in [6.07, 6.45) is 1.42. The Morgan fingerprint density at radius 3 is 2.22 bits per heavy atom. The van der Waals surface area contributed by atoms with E-state index in [1.54, 1.807) is 23.5 Å². The molecule has 2 aromatic heterocycles. The molecule has 2 heterocycles. The second kappa shape index (κ2) is 6.67. The van der Waals surface area contributed by atoms with E-state index in [0.717, 1.165) is 10.7 Å². The number of thiazole rings is 1. The van der Waals surface area contributed by atoms with Crippen molar-refractivity contribution in [3.8, 4) is 11.4 Å². The van der Waals surface area contributed by atoms with Gasteiger partial charge < -0.3 is 0 Å². The summed E-state index contributed by atoms with van der Waals surface area (Å²) in [5, 5.41) is 3.00. The van der Waals surface area contributed by atoms with Crippen molar-refractivity contribution in [3.05, 3.63) is 28.7 Å². The molecule has 0 unspecified atom stereocenters. The first-order valence-corrected chi connectivity index (χ1v) is 9.94. The number of hydrogen-bond acceptors (Lipinski definition) is 5. The first-order chi connectivity index (χ1) is 10.7. The van der Waals surface area contributed by atoms with E-state index < -0.39 is 10.0 Å². The predicted molar refractivity (Wildman–Crippen MR) is 94.2 cm³/mol.